The minimum Gasteiger partial charge on any atom is -0.860 e. The van der Waals surface area contributed by atoms with Crippen molar-refractivity contribution in [1.29, 1.82) is 0 Å². The third-order valence-corrected chi connectivity index (χ3v) is 29.2. The van der Waals surface area contributed by atoms with Gasteiger partial charge in [-0.15, -0.1) is 0 Å². The molecule has 0 aliphatic rings. The van der Waals surface area contributed by atoms with Crippen LogP contribution in [0.4, 0.5) is 26.3 Å². The van der Waals surface area contributed by atoms with Crippen LogP contribution in [0.1, 0.15) is 251 Å². The van der Waals surface area contributed by atoms with Crippen LogP contribution in [0.2, 0.25) is 0 Å². The highest BCUT2D eigenvalue weighted by atomic mass is 31.2. The van der Waals surface area contributed by atoms with Gasteiger partial charge in [-0.25, -0.2) is 0 Å². The maximum atomic E-state index is 14.0. The second kappa shape index (κ2) is 51.8. The average Bonchev–Trinajstić information content (AvgIpc) is 0.757. The molecule has 0 aromatic heterocycles. The van der Waals surface area contributed by atoms with Crippen LogP contribution in [0, 0.1) is 0 Å². The number of benzene rings is 9. The maximum Gasteiger partial charge on any atom is 0.416 e. The van der Waals surface area contributed by atoms with Gasteiger partial charge in [0, 0.05) is 11.1 Å². The Labute approximate surface area is 667 Å². The van der Waals surface area contributed by atoms with E-state index in [0.29, 0.717) is 12.3 Å². The van der Waals surface area contributed by atoms with Gasteiger partial charge in [-0.1, -0.05) is 316 Å². The molecule has 0 saturated carbocycles. The van der Waals surface area contributed by atoms with Crippen LogP contribution < -0.4 is 56.0 Å². The zero-order valence-corrected chi connectivity index (χ0v) is 68.0. The third-order valence-electron chi connectivity index (χ3n) is 20.6. The normalized spacial score (nSPS) is 11.6. The Morgan fingerprint density at radius 2 is 0.509 bits per heavy atom. The molecule has 0 spiro atoms. The number of unbranched alkanes of at least 4 members (excludes halogenated alkanes) is 30. The maximum absolute atomic E-state index is 14.0. The van der Waals surface area contributed by atoms with Gasteiger partial charge in [-0.05, 0) is 152 Å². The number of hydrogen-bond donors (Lipinski definition) is 0. The summed E-state index contributed by atoms with van der Waals surface area (Å²) in [5.41, 5.74) is -1.83. The Morgan fingerprint density at radius 3 is 0.714 bits per heavy atom. The summed E-state index contributed by atoms with van der Waals surface area (Å²) in [4.78, 5) is 28.0. The van der Waals surface area contributed by atoms with E-state index in [1.807, 2.05) is 48.5 Å². The van der Waals surface area contributed by atoms with Gasteiger partial charge >= 0.3 is 12.4 Å². The van der Waals surface area contributed by atoms with Crippen LogP contribution in [-0.2, 0) is 12.4 Å². The van der Waals surface area contributed by atoms with E-state index < -0.39 is 51.1 Å². The number of ketones is 2. The Kier molecular flexibility index (Phi) is 42.2. The number of alkyl halides is 6. The van der Waals surface area contributed by atoms with Crippen molar-refractivity contribution in [2.24, 2.45) is 0 Å². The van der Waals surface area contributed by atoms with Crippen molar-refractivity contribution in [3.63, 3.8) is 0 Å². The first-order chi connectivity index (χ1) is 54.5. The molecule has 0 aliphatic carbocycles. The van der Waals surface area contributed by atoms with E-state index in [4.69, 9.17) is 9.47 Å². The summed E-state index contributed by atoms with van der Waals surface area (Å²) in [7, 11) is -7.45. The van der Waals surface area contributed by atoms with Crippen molar-refractivity contribution >= 4 is 65.2 Å². The largest absolute Gasteiger partial charge is 0.860 e. The zero-order chi connectivity index (χ0) is 79.8. The van der Waals surface area contributed by atoms with Crippen molar-refractivity contribution in [1.82, 2.24) is 0 Å². The minimum atomic E-state index is -5.05. The molecule has 0 bridgehead atoms. The van der Waals surface area contributed by atoms with E-state index >= 15 is 0 Å². The van der Waals surface area contributed by atoms with Gasteiger partial charge in [-0.2, -0.15) is 26.3 Å². The first kappa shape index (κ1) is 91.3. The molecule has 112 heavy (non-hydrogen) atoms. The fourth-order valence-corrected chi connectivity index (χ4v) is 22.6. The molecule has 9 aromatic carbocycles. The highest BCUT2D eigenvalue weighted by molar-refractivity contribution is 7.96. The molecule has 16 heteroatoms. The molecule has 0 unspecified atom stereocenters. The lowest BCUT2D eigenvalue weighted by molar-refractivity contribution is -0.372. The van der Waals surface area contributed by atoms with E-state index in [1.165, 1.54) is 224 Å². The van der Waals surface area contributed by atoms with Crippen molar-refractivity contribution in [3.05, 3.63) is 271 Å². The Balaban J connectivity index is 0.000000255. The first-order valence-electron chi connectivity index (χ1n) is 41.4. The lowest BCUT2D eigenvalue weighted by Crippen LogP contribution is -2.50. The van der Waals surface area contributed by atoms with Crippen LogP contribution in [0.5, 0.6) is 17.2 Å². The number of carbonyl (C=O) groups excluding carboxylic acids is 2. The van der Waals surface area contributed by atoms with Gasteiger partial charge in [0.1, 0.15) is 77.5 Å². The molecule has 0 amide bonds. The van der Waals surface area contributed by atoms with Crippen LogP contribution in [0.15, 0.2) is 249 Å². The molecule has 9 rings (SSSR count). The number of ether oxygens (including phenoxy) is 2. The summed E-state index contributed by atoms with van der Waals surface area (Å²) in [6, 6.07) is 79.5. The SMILES string of the molecule is CCCCCCCCCCCCCCCCCCOc1ccc(C(=O)C[P+](c2ccccc2)(c2ccccc2)c2ccccc2)cc1.CCCCCCCCCCCCCCCCCCOc1ccc(C(=O)C[P+](c2ccccc2)(c2ccccc2)c2ccccc2)cc1.[O-]B([O-])Oc1cc(C(F)(F)F)cc(C(F)(F)F)c1. The molecule has 0 heterocycles. The van der Waals surface area contributed by atoms with E-state index in [-0.39, 0.29) is 29.8 Å². The fraction of sp³-hybridized carbons (Fsp3) is 0.417. The minimum absolute atomic E-state index is 0.141. The predicted octanol–water partition coefficient (Wildman–Crippen LogP) is 23.8. The highest BCUT2D eigenvalue weighted by Crippen LogP contribution is 2.57. The van der Waals surface area contributed by atoms with E-state index in [9.17, 15) is 46.0 Å². The second-order valence-electron chi connectivity index (χ2n) is 29.3. The third kappa shape index (κ3) is 32.2. The highest BCUT2D eigenvalue weighted by Gasteiger charge is 2.49. The Bertz CT molecular complexity index is 3510. The van der Waals surface area contributed by atoms with Gasteiger partial charge < -0.3 is 24.2 Å². The molecule has 9 aromatic rings. The molecule has 0 saturated heterocycles. The van der Waals surface area contributed by atoms with Crippen molar-refractivity contribution in [3.8, 4) is 17.2 Å². The molecule has 0 radical (unpaired) electrons. The van der Waals surface area contributed by atoms with Gasteiger partial charge in [0.05, 0.1) is 30.1 Å². The van der Waals surface area contributed by atoms with Gasteiger partial charge in [0.2, 0.25) is 11.6 Å². The van der Waals surface area contributed by atoms with Crippen LogP contribution in [0.25, 0.3) is 0 Å². The molecule has 600 valence electrons. The summed E-state index contributed by atoms with van der Waals surface area (Å²) in [6.45, 7) is 6.04. The molecule has 0 atom stereocenters. The summed E-state index contributed by atoms with van der Waals surface area (Å²) < 4.78 is 89.7. The van der Waals surface area contributed by atoms with Gasteiger partial charge in [0.15, 0.2) is 0 Å². The van der Waals surface area contributed by atoms with Crippen molar-refractivity contribution in [2.45, 2.75) is 232 Å². The van der Waals surface area contributed by atoms with Gasteiger partial charge in [0.25, 0.3) is 0 Å². The van der Waals surface area contributed by atoms with Crippen LogP contribution in [0.3, 0.4) is 0 Å². The second-order valence-corrected chi connectivity index (χ2v) is 36.3. The topological polar surface area (TPSA) is 108 Å². The van der Waals surface area contributed by atoms with Gasteiger partial charge in [-0.3, -0.25) is 9.59 Å². The molecule has 0 aliphatic heterocycles. The van der Waals surface area contributed by atoms with Crippen LogP contribution in [-0.4, -0.2) is 44.4 Å². The number of Topliss-reactive ketones (excluding diaryl/α,β-unsaturated/α-hetero) is 2. The van der Waals surface area contributed by atoms with Crippen molar-refractivity contribution in [2.75, 3.05) is 25.5 Å². The molecule has 0 N–H and O–H groups in total. The average molecular weight is 1570 g/mol. The fourth-order valence-electron chi connectivity index (χ4n) is 14.4. The monoisotopic (exact) mass is 1570 g/mol. The number of halogens is 6. The molecule has 7 nitrogen and oxygen atoms in total. The molecular formula is C96H119BF6O7P2. The number of hydrogen-bond acceptors (Lipinski definition) is 7. The lowest BCUT2D eigenvalue weighted by atomic mass is 10.0. The summed E-state index contributed by atoms with van der Waals surface area (Å²) in [5, 5.41) is 27.5. The summed E-state index contributed by atoms with van der Waals surface area (Å²) in [6.07, 6.45) is 34.6. The number of rotatable bonds is 50. The zero-order valence-electron chi connectivity index (χ0n) is 66.2. The Hall–Kier alpha value is -7.86. The van der Waals surface area contributed by atoms with E-state index in [0.717, 1.165) is 48.7 Å². The number of carbonyl (C=O) groups is 2. The predicted molar refractivity (Wildman–Crippen MR) is 454 cm³/mol. The molecular weight excluding hydrogens is 1450 g/mol. The van der Waals surface area contributed by atoms with E-state index in [2.05, 4.69) is 200 Å². The first-order valence-corrected chi connectivity index (χ1v) is 45.3. The summed E-state index contributed by atoms with van der Waals surface area (Å²) in [5.74, 6) is 0.945. The van der Waals surface area contributed by atoms with Crippen LogP contribution >= 0.6 is 14.5 Å². The Morgan fingerprint density at radius 1 is 0.295 bits per heavy atom. The standard InChI is InChI=1S/2C44H58O2P.C8H3BF6O3/c2*1-2-3-4-5-6-7-8-9-10-11-12-13-14-15-16-26-37-46-40-35-33-39(34-36-40)44(45)38-47(41-27-20-17-21-28-41,42-29-22-18-23-30-42)43-31-24-19-25-32-43;10-7(11,12)4-1-5(8(13,14)15)3-6(2-4)18-9(16)17/h2*17-25,27-36H,2-16,26,37-38H2,1H3;1-3H/q2*+1;-2. The lowest BCUT2D eigenvalue weighted by Gasteiger charge is -2.27. The quantitative estimate of drug-likeness (QED) is 0.0123. The smallest absolute Gasteiger partial charge is 0.416 e. The van der Waals surface area contributed by atoms with Crippen molar-refractivity contribution < 1.29 is 60.1 Å². The molecule has 0 fully saturated rings. The van der Waals surface area contributed by atoms with E-state index in [1.54, 1.807) is 0 Å². The summed E-state index contributed by atoms with van der Waals surface area (Å²) >= 11 is 0.